The van der Waals surface area contributed by atoms with Crippen LogP contribution in [0, 0.1) is 0 Å². The summed E-state index contributed by atoms with van der Waals surface area (Å²) in [5, 5.41) is 8.24. The first kappa shape index (κ1) is 18.7. The Kier molecular flexibility index (Phi) is 19.6. The zero-order chi connectivity index (χ0) is 13.4. The molecule has 0 aliphatic heterocycles. The average molecular weight is 248 g/mol. The highest BCUT2D eigenvalue weighted by atomic mass is 16.5. The zero-order valence-corrected chi connectivity index (χ0v) is 11.5. The first-order valence-corrected chi connectivity index (χ1v) is 6.50. The molecule has 0 unspecified atom stereocenters. The lowest BCUT2D eigenvalue weighted by Crippen LogP contribution is -1.99. The van der Waals surface area contributed by atoms with Gasteiger partial charge in [-0.1, -0.05) is 33.1 Å². The quantitative estimate of drug-likeness (QED) is 0.503. The summed E-state index contributed by atoms with van der Waals surface area (Å²) in [7, 11) is 0. The summed E-state index contributed by atoms with van der Waals surface area (Å²) < 4.78 is 9.68. The Labute approximate surface area is 105 Å². The van der Waals surface area contributed by atoms with Crippen molar-refractivity contribution >= 4 is 5.97 Å². The number of aliphatic hydroxyl groups excluding tert-OH is 1. The molecular weight excluding hydrogens is 220 g/mol. The van der Waals surface area contributed by atoms with Crippen LogP contribution in [0.4, 0.5) is 0 Å². The van der Waals surface area contributed by atoms with E-state index in [1.54, 1.807) is 0 Å². The van der Waals surface area contributed by atoms with Crippen LogP contribution in [0.5, 0.6) is 0 Å². The van der Waals surface area contributed by atoms with Crippen molar-refractivity contribution in [2.75, 3.05) is 26.4 Å². The van der Waals surface area contributed by atoms with Crippen LogP contribution >= 0.6 is 0 Å². The number of hydrogen-bond donors (Lipinski definition) is 1. The van der Waals surface area contributed by atoms with Crippen molar-refractivity contribution in [2.45, 2.75) is 52.9 Å². The van der Waals surface area contributed by atoms with E-state index < -0.39 is 0 Å². The van der Waals surface area contributed by atoms with E-state index in [0.717, 1.165) is 32.3 Å². The fraction of sp³-hybridized carbons (Fsp3) is 0.923. The topological polar surface area (TPSA) is 55.8 Å². The lowest BCUT2D eigenvalue weighted by molar-refractivity contribution is -0.141. The van der Waals surface area contributed by atoms with E-state index in [9.17, 15) is 4.79 Å². The van der Waals surface area contributed by atoms with Crippen LogP contribution in [0.25, 0.3) is 0 Å². The van der Waals surface area contributed by atoms with Gasteiger partial charge in [-0.05, 0) is 12.8 Å². The lowest BCUT2D eigenvalue weighted by atomic mass is 10.3. The molecule has 0 saturated heterocycles. The molecule has 0 amide bonds. The van der Waals surface area contributed by atoms with Crippen LogP contribution in [0.3, 0.4) is 0 Å². The Balaban J connectivity index is 0. The molecule has 0 bridgehead atoms. The number of aliphatic hydroxyl groups is 1. The number of esters is 1. The van der Waals surface area contributed by atoms with Gasteiger partial charge in [0.15, 0.2) is 0 Å². The highest BCUT2D eigenvalue weighted by Crippen LogP contribution is 1.93. The van der Waals surface area contributed by atoms with Gasteiger partial charge in [0.25, 0.3) is 0 Å². The number of unbranched alkanes of at least 4 members (excludes halogenated alkanes) is 3. The van der Waals surface area contributed by atoms with E-state index in [2.05, 4.69) is 13.8 Å². The molecule has 0 radical (unpaired) electrons. The molecule has 0 spiro atoms. The van der Waals surface area contributed by atoms with Gasteiger partial charge in [-0.15, -0.1) is 0 Å². The first-order valence-electron chi connectivity index (χ1n) is 6.50. The molecule has 104 valence electrons. The monoisotopic (exact) mass is 248 g/mol. The number of rotatable bonds is 9. The van der Waals surface area contributed by atoms with Crippen molar-refractivity contribution in [1.82, 2.24) is 0 Å². The van der Waals surface area contributed by atoms with E-state index >= 15 is 0 Å². The Morgan fingerprint density at radius 3 is 2.12 bits per heavy atom. The standard InChI is InChI=1S/C7H14O2.C6H14O2/c1-3-4-5-6-9-7(2)8;1-2-3-5-8-6-4-7/h3-6H2,1-2H3;7H,2-6H2,1H3. The highest BCUT2D eigenvalue weighted by Gasteiger charge is 1.89. The van der Waals surface area contributed by atoms with Gasteiger partial charge in [0.05, 0.1) is 19.8 Å². The van der Waals surface area contributed by atoms with Crippen molar-refractivity contribution in [2.24, 2.45) is 0 Å². The molecule has 17 heavy (non-hydrogen) atoms. The van der Waals surface area contributed by atoms with Crippen LogP contribution in [0.15, 0.2) is 0 Å². The van der Waals surface area contributed by atoms with Crippen LogP contribution in [0.1, 0.15) is 52.9 Å². The molecule has 0 aromatic carbocycles. The Morgan fingerprint density at radius 1 is 1.00 bits per heavy atom. The van der Waals surface area contributed by atoms with E-state index in [1.165, 1.54) is 13.3 Å². The minimum Gasteiger partial charge on any atom is -0.466 e. The lowest BCUT2D eigenvalue weighted by Gasteiger charge is -1.98. The van der Waals surface area contributed by atoms with Gasteiger partial charge in [0.1, 0.15) is 0 Å². The molecule has 1 N–H and O–H groups in total. The number of carbonyl (C=O) groups excluding carboxylic acids is 1. The molecule has 0 saturated carbocycles. The molecule has 0 aromatic rings. The van der Waals surface area contributed by atoms with Crippen LogP contribution in [-0.4, -0.2) is 37.5 Å². The molecular formula is C13H28O4. The van der Waals surface area contributed by atoms with Crippen molar-refractivity contribution < 1.29 is 19.4 Å². The molecule has 0 fully saturated rings. The third kappa shape index (κ3) is 25.6. The molecule has 0 rings (SSSR count). The number of hydrogen-bond acceptors (Lipinski definition) is 4. The van der Waals surface area contributed by atoms with Gasteiger partial charge in [-0.25, -0.2) is 0 Å². The van der Waals surface area contributed by atoms with Crippen molar-refractivity contribution in [3.05, 3.63) is 0 Å². The van der Waals surface area contributed by atoms with Gasteiger partial charge in [0, 0.05) is 13.5 Å². The summed E-state index contributed by atoms with van der Waals surface area (Å²) in [4.78, 5) is 10.2. The maximum Gasteiger partial charge on any atom is 0.302 e. The van der Waals surface area contributed by atoms with E-state index in [1.807, 2.05) is 0 Å². The predicted molar refractivity (Wildman–Crippen MR) is 69.0 cm³/mol. The SMILES string of the molecule is CCCCCOC(C)=O.CCCCOCCO. The van der Waals surface area contributed by atoms with Gasteiger partial charge in [0.2, 0.25) is 0 Å². The summed E-state index contributed by atoms with van der Waals surface area (Å²) in [5.74, 6) is -0.175. The average Bonchev–Trinajstić information content (AvgIpc) is 2.31. The molecule has 0 aliphatic rings. The highest BCUT2D eigenvalue weighted by molar-refractivity contribution is 5.65. The second-order valence-corrected chi connectivity index (χ2v) is 3.74. The first-order chi connectivity index (χ1) is 8.18. The van der Waals surface area contributed by atoms with E-state index in [4.69, 9.17) is 14.6 Å². The summed E-state index contributed by atoms with van der Waals surface area (Å²) in [6.07, 6.45) is 5.57. The maximum atomic E-state index is 10.2. The summed E-state index contributed by atoms with van der Waals surface area (Å²) in [6.45, 7) is 7.67. The van der Waals surface area contributed by atoms with Crippen LogP contribution in [-0.2, 0) is 14.3 Å². The van der Waals surface area contributed by atoms with Crippen molar-refractivity contribution in [3.63, 3.8) is 0 Å². The van der Waals surface area contributed by atoms with E-state index in [-0.39, 0.29) is 12.6 Å². The third-order valence-corrected chi connectivity index (χ3v) is 1.93. The van der Waals surface area contributed by atoms with Crippen molar-refractivity contribution in [1.29, 1.82) is 0 Å². The Hall–Kier alpha value is -0.610. The van der Waals surface area contributed by atoms with Gasteiger partial charge < -0.3 is 14.6 Å². The number of ether oxygens (including phenoxy) is 2. The summed E-state index contributed by atoms with van der Waals surface area (Å²) in [5.41, 5.74) is 0. The fourth-order valence-electron chi connectivity index (χ4n) is 0.981. The molecule has 0 atom stereocenters. The Bertz CT molecular complexity index is 142. The molecule has 4 nitrogen and oxygen atoms in total. The zero-order valence-electron chi connectivity index (χ0n) is 11.5. The van der Waals surface area contributed by atoms with Crippen molar-refractivity contribution in [3.8, 4) is 0 Å². The minimum atomic E-state index is -0.175. The minimum absolute atomic E-state index is 0.143. The number of carbonyl (C=O) groups is 1. The van der Waals surface area contributed by atoms with Gasteiger partial charge in [-0.2, -0.15) is 0 Å². The Morgan fingerprint density at radius 2 is 1.65 bits per heavy atom. The van der Waals surface area contributed by atoms with Crippen LogP contribution in [0.2, 0.25) is 0 Å². The van der Waals surface area contributed by atoms with E-state index in [0.29, 0.717) is 13.2 Å². The normalized spacial score (nSPS) is 9.41. The van der Waals surface area contributed by atoms with Crippen LogP contribution < -0.4 is 0 Å². The summed E-state index contributed by atoms with van der Waals surface area (Å²) >= 11 is 0. The smallest absolute Gasteiger partial charge is 0.302 e. The third-order valence-electron chi connectivity index (χ3n) is 1.93. The van der Waals surface area contributed by atoms with Gasteiger partial charge in [-0.3, -0.25) is 4.79 Å². The van der Waals surface area contributed by atoms with Gasteiger partial charge >= 0.3 is 5.97 Å². The predicted octanol–water partition coefficient (Wildman–Crippen LogP) is 2.54. The molecule has 4 heteroatoms. The second-order valence-electron chi connectivity index (χ2n) is 3.74. The second kappa shape index (κ2) is 17.8. The molecule has 0 aromatic heterocycles. The largest absolute Gasteiger partial charge is 0.466 e. The molecule has 0 aliphatic carbocycles. The summed E-state index contributed by atoms with van der Waals surface area (Å²) in [6, 6.07) is 0. The fourth-order valence-corrected chi connectivity index (χ4v) is 0.981. The maximum absolute atomic E-state index is 10.2. The molecule has 0 heterocycles.